The lowest BCUT2D eigenvalue weighted by molar-refractivity contribution is 0.0674. The number of hydrogen-bond acceptors (Lipinski definition) is 3. The Bertz CT molecular complexity index is 778. The molecule has 1 heterocycles. The Labute approximate surface area is 132 Å². The molecule has 1 aliphatic heterocycles. The molecule has 2 aromatic rings. The van der Waals surface area contributed by atoms with Gasteiger partial charge in [-0.3, -0.25) is 14.5 Å². The first kappa shape index (κ1) is 15.0. The topological polar surface area (TPSA) is 46.6 Å². The number of benzene rings is 2. The van der Waals surface area contributed by atoms with Crippen LogP contribution in [-0.4, -0.2) is 30.4 Å². The van der Waals surface area contributed by atoms with Crippen molar-refractivity contribution >= 4 is 17.4 Å². The van der Waals surface area contributed by atoms with Crippen molar-refractivity contribution in [3.63, 3.8) is 0 Å². The molecule has 0 aromatic heterocycles. The minimum absolute atomic E-state index is 0.129. The second-order valence-electron chi connectivity index (χ2n) is 5.11. The normalized spacial score (nSPS) is 14.2. The summed E-state index contributed by atoms with van der Waals surface area (Å²) in [7, 11) is 1.52. The number of methoxy groups -OCH3 is 1. The van der Waals surface area contributed by atoms with E-state index in [9.17, 15) is 14.0 Å². The Morgan fingerprint density at radius 1 is 1.09 bits per heavy atom. The predicted molar refractivity (Wildman–Crippen MR) is 83.9 cm³/mol. The zero-order valence-corrected chi connectivity index (χ0v) is 12.5. The first-order valence-electron chi connectivity index (χ1n) is 7.04. The molecule has 0 aliphatic carbocycles. The summed E-state index contributed by atoms with van der Waals surface area (Å²) >= 11 is 0. The third-order valence-corrected chi connectivity index (χ3v) is 3.78. The standard InChI is InChI=1S/C18H14FNO3/c1-23-14-6-4-5-12(9-14)13(10-19)11-20-17(21)15-7-2-3-8-16(15)18(20)22/h2-10H,11H2,1H3. The van der Waals surface area contributed by atoms with Crippen LogP contribution in [0.3, 0.4) is 0 Å². The highest BCUT2D eigenvalue weighted by Crippen LogP contribution is 2.27. The number of fused-ring (bicyclic) bond motifs is 1. The van der Waals surface area contributed by atoms with Crippen LogP contribution >= 0.6 is 0 Å². The van der Waals surface area contributed by atoms with Gasteiger partial charge in [0.2, 0.25) is 0 Å². The maximum Gasteiger partial charge on any atom is 0.261 e. The van der Waals surface area contributed by atoms with E-state index in [0.29, 0.717) is 28.8 Å². The van der Waals surface area contributed by atoms with E-state index in [-0.39, 0.29) is 12.1 Å². The molecule has 3 rings (SSSR count). The van der Waals surface area contributed by atoms with Crippen molar-refractivity contribution in [2.24, 2.45) is 0 Å². The summed E-state index contributed by atoms with van der Waals surface area (Å²) < 4.78 is 18.5. The van der Waals surface area contributed by atoms with Crippen LogP contribution in [0.2, 0.25) is 0 Å². The van der Waals surface area contributed by atoms with E-state index in [1.807, 2.05) is 0 Å². The molecule has 0 unspecified atom stereocenters. The van der Waals surface area contributed by atoms with Gasteiger partial charge in [-0.1, -0.05) is 24.3 Å². The predicted octanol–water partition coefficient (Wildman–Crippen LogP) is 3.30. The zero-order valence-electron chi connectivity index (χ0n) is 12.5. The molecule has 1 aliphatic rings. The third kappa shape index (κ3) is 2.61. The fourth-order valence-corrected chi connectivity index (χ4v) is 2.56. The zero-order chi connectivity index (χ0) is 16.4. The van der Waals surface area contributed by atoms with E-state index in [0.717, 1.165) is 4.90 Å². The van der Waals surface area contributed by atoms with Crippen molar-refractivity contribution < 1.29 is 18.7 Å². The Balaban J connectivity index is 1.89. The van der Waals surface area contributed by atoms with Crippen LogP contribution in [0.5, 0.6) is 5.75 Å². The Morgan fingerprint density at radius 3 is 2.30 bits per heavy atom. The van der Waals surface area contributed by atoms with E-state index in [1.54, 1.807) is 48.5 Å². The highest BCUT2D eigenvalue weighted by Gasteiger charge is 2.35. The smallest absolute Gasteiger partial charge is 0.261 e. The average Bonchev–Trinajstić information content (AvgIpc) is 2.84. The van der Waals surface area contributed by atoms with E-state index >= 15 is 0 Å². The average molecular weight is 311 g/mol. The van der Waals surface area contributed by atoms with Crippen molar-refractivity contribution in [2.75, 3.05) is 13.7 Å². The maximum atomic E-state index is 13.4. The molecule has 0 fully saturated rings. The number of halogens is 1. The second-order valence-corrected chi connectivity index (χ2v) is 5.11. The molecule has 116 valence electrons. The number of rotatable bonds is 4. The molecule has 0 radical (unpaired) electrons. The van der Waals surface area contributed by atoms with Gasteiger partial charge >= 0.3 is 0 Å². The van der Waals surface area contributed by atoms with Gasteiger partial charge in [0.15, 0.2) is 0 Å². The molecule has 0 bridgehead atoms. The van der Waals surface area contributed by atoms with E-state index < -0.39 is 11.8 Å². The van der Waals surface area contributed by atoms with Crippen LogP contribution in [0.25, 0.3) is 5.57 Å². The molecule has 5 heteroatoms. The van der Waals surface area contributed by atoms with Crippen LogP contribution in [0.4, 0.5) is 4.39 Å². The van der Waals surface area contributed by atoms with Crippen molar-refractivity contribution in [3.05, 3.63) is 71.6 Å². The van der Waals surface area contributed by atoms with Crippen molar-refractivity contribution in [3.8, 4) is 5.75 Å². The second kappa shape index (κ2) is 6.04. The largest absolute Gasteiger partial charge is 0.497 e. The summed E-state index contributed by atoms with van der Waals surface area (Å²) in [5.41, 5.74) is 1.49. The van der Waals surface area contributed by atoms with Crippen molar-refractivity contribution in [1.82, 2.24) is 4.90 Å². The highest BCUT2D eigenvalue weighted by molar-refractivity contribution is 6.21. The van der Waals surface area contributed by atoms with Gasteiger partial charge in [0.25, 0.3) is 11.8 Å². The van der Waals surface area contributed by atoms with E-state index in [2.05, 4.69) is 0 Å². The molecule has 0 N–H and O–H groups in total. The van der Waals surface area contributed by atoms with E-state index in [4.69, 9.17) is 4.74 Å². The van der Waals surface area contributed by atoms with Gasteiger partial charge in [0, 0.05) is 5.57 Å². The lowest BCUT2D eigenvalue weighted by atomic mass is 10.1. The maximum absolute atomic E-state index is 13.4. The Hall–Kier alpha value is -2.95. The van der Waals surface area contributed by atoms with Gasteiger partial charge in [-0.2, -0.15) is 0 Å². The summed E-state index contributed by atoms with van der Waals surface area (Å²) in [6.45, 7) is -0.129. The first-order chi connectivity index (χ1) is 11.2. The molecule has 0 saturated heterocycles. The molecule has 2 amide bonds. The molecular weight excluding hydrogens is 297 g/mol. The first-order valence-corrected chi connectivity index (χ1v) is 7.04. The van der Waals surface area contributed by atoms with Gasteiger partial charge in [0.05, 0.1) is 31.1 Å². The molecule has 2 aromatic carbocycles. The van der Waals surface area contributed by atoms with Gasteiger partial charge < -0.3 is 4.74 Å². The number of ether oxygens (including phenoxy) is 1. The van der Waals surface area contributed by atoms with E-state index in [1.165, 1.54) is 7.11 Å². The fourth-order valence-electron chi connectivity index (χ4n) is 2.56. The van der Waals surface area contributed by atoms with Crippen LogP contribution in [0, 0.1) is 0 Å². The molecule has 23 heavy (non-hydrogen) atoms. The monoisotopic (exact) mass is 311 g/mol. The number of amides is 2. The van der Waals surface area contributed by atoms with Gasteiger partial charge in [-0.05, 0) is 29.8 Å². The summed E-state index contributed by atoms with van der Waals surface area (Å²) in [6.07, 6.45) is 0.415. The Kier molecular flexibility index (Phi) is 3.93. The summed E-state index contributed by atoms with van der Waals surface area (Å²) in [5.74, 6) is -0.245. The minimum atomic E-state index is -0.409. The van der Waals surface area contributed by atoms with Crippen LogP contribution in [0.1, 0.15) is 26.3 Å². The van der Waals surface area contributed by atoms with Gasteiger partial charge in [-0.25, -0.2) is 4.39 Å². The van der Waals surface area contributed by atoms with Crippen LogP contribution in [0.15, 0.2) is 54.9 Å². The van der Waals surface area contributed by atoms with Gasteiger partial charge in [-0.15, -0.1) is 0 Å². The van der Waals surface area contributed by atoms with Crippen LogP contribution in [-0.2, 0) is 0 Å². The summed E-state index contributed by atoms with van der Waals surface area (Å²) in [6, 6.07) is 13.4. The highest BCUT2D eigenvalue weighted by atomic mass is 19.1. The lowest BCUT2D eigenvalue weighted by Gasteiger charge is -2.16. The van der Waals surface area contributed by atoms with Crippen LogP contribution < -0.4 is 4.74 Å². The van der Waals surface area contributed by atoms with Crippen molar-refractivity contribution in [2.45, 2.75) is 0 Å². The van der Waals surface area contributed by atoms with Gasteiger partial charge in [0.1, 0.15) is 5.75 Å². The van der Waals surface area contributed by atoms with Crippen molar-refractivity contribution in [1.29, 1.82) is 0 Å². The third-order valence-electron chi connectivity index (χ3n) is 3.78. The summed E-state index contributed by atoms with van der Waals surface area (Å²) in [4.78, 5) is 25.7. The molecule has 0 spiro atoms. The number of carbonyl (C=O) groups excluding carboxylic acids is 2. The number of nitrogens with zero attached hydrogens (tertiary/aromatic N) is 1. The minimum Gasteiger partial charge on any atom is -0.497 e. The number of carbonyl (C=O) groups is 2. The SMILES string of the molecule is COc1cccc(C(=CF)CN2C(=O)c3ccccc3C2=O)c1. The molecule has 0 atom stereocenters. The molecular formula is C18H14FNO3. The fraction of sp³-hybridized carbons (Fsp3) is 0.111. The number of imide groups is 1. The lowest BCUT2D eigenvalue weighted by Crippen LogP contribution is -2.31. The molecule has 0 saturated carbocycles. The summed E-state index contributed by atoms with van der Waals surface area (Å²) in [5, 5.41) is 0. The molecule has 4 nitrogen and oxygen atoms in total. The Morgan fingerprint density at radius 2 is 1.74 bits per heavy atom. The quantitative estimate of drug-likeness (QED) is 0.814. The number of hydrogen-bond donors (Lipinski definition) is 0.